The summed E-state index contributed by atoms with van der Waals surface area (Å²) in [4.78, 5) is 39.0. The molecule has 1 heterocycles. The van der Waals surface area contributed by atoms with Crippen LogP contribution in [0.15, 0.2) is 47.4 Å². The molecule has 1 atom stereocenters. The number of sulfonamides is 1. The van der Waals surface area contributed by atoms with Crippen LogP contribution in [0.4, 0.5) is 16.5 Å². The molecule has 0 aliphatic heterocycles. The minimum Gasteiger partial charge on any atom is -0.326 e. The maximum atomic E-state index is 12.6. The summed E-state index contributed by atoms with van der Waals surface area (Å²) in [6.07, 6.45) is 0. The third-order valence-electron chi connectivity index (χ3n) is 4.15. The molecule has 0 aliphatic rings. The van der Waals surface area contributed by atoms with E-state index >= 15 is 0 Å². The molecule has 10 nitrogen and oxygen atoms in total. The highest BCUT2D eigenvalue weighted by molar-refractivity contribution is 7.89. The van der Waals surface area contributed by atoms with Crippen molar-refractivity contribution >= 4 is 65.8 Å². The van der Waals surface area contributed by atoms with Crippen LogP contribution in [0.2, 0.25) is 0 Å². The van der Waals surface area contributed by atoms with E-state index in [1.165, 1.54) is 56.4 Å². The van der Waals surface area contributed by atoms with Gasteiger partial charge in [-0.05, 0) is 49.4 Å². The van der Waals surface area contributed by atoms with Crippen LogP contribution in [0.25, 0.3) is 10.2 Å². The minimum atomic E-state index is -3.96. The first-order valence-corrected chi connectivity index (χ1v) is 11.7. The van der Waals surface area contributed by atoms with Crippen LogP contribution in [0.1, 0.15) is 20.8 Å². The first-order valence-electron chi connectivity index (χ1n) is 9.42. The quantitative estimate of drug-likeness (QED) is 0.413. The molecule has 3 aromatic rings. The smallest absolute Gasteiger partial charge is 0.244 e. The van der Waals surface area contributed by atoms with Gasteiger partial charge >= 0.3 is 0 Å². The molecular weight excluding hydrogens is 454 g/mol. The Morgan fingerprint density at radius 3 is 2.12 bits per heavy atom. The molecule has 0 unspecified atom stereocenters. The zero-order valence-corrected chi connectivity index (χ0v) is 19.1. The Labute approximate surface area is 188 Å². The highest BCUT2D eigenvalue weighted by atomic mass is 32.2. The zero-order chi connectivity index (χ0) is 23.5. The van der Waals surface area contributed by atoms with E-state index < -0.39 is 22.0 Å². The summed E-state index contributed by atoms with van der Waals surface area (Å²) in [5.41, 5.74) is 1.70. The van der Waals surface area contributed by atoms with E-state index in [-0.39, 0.29) is 16.7 Å². The summed E-state index contributed by atoms with van der Waals surface area (Å²) in [7, 11) is -3.96. The lowest BCUT2D eigenvalue weighted by molar-refractivity contribution is -0.117. The average Bonchev–Trinajstić information content (AvgIpc) is 3.08. The maximum absolute atomic E-state index is 12.6. The number of nitrogens with zero attached hydrogens (tertiary/aromatic N) is 1. The number of thiazole rings is 1. The normalized spacial score (nSPS) is 12.2. The van der Waals surface area contributed by atoms with Crippen molar-refractivity contribution in [3.8, 4) is 0 Å². The molecule has 2 aromatic carbocycles. The Kier molecular flexibility index (Phi) is 6.87. The lowest BCUT2D eigenvalue weighted by atomic mass is 10.3. The fourth-order valence-corrected chi connectivity index (χ4v) is 4.86. The van der Waals surface area contributed by atoms with Crippen LogP contribution in [0.3, 0.4) is 0 Å². The number of hydrogen-bond acceptors (Lipinski definition) is 7. The molecule has 168 valence electrons. The van der Waals surface area contributed by atoms with Gasteiger partial charge < -0.3 is 16.0 Å². The van der Waals surface area contributed by atoms with Crippen molar-refractivity contribution in [3.05, 3.63) is 42.5 Å². The van der Waals surface area contributed by atoms with Gasteiger partial charge in [-0.3, -0.25) is 14.4 Å². The van der Waals surface area contributed by atoms with Crippen molar-refractivity contribution in [2.24, 2.45) is 0 Å². The molecule has 3 amide bonds. The van der Waals surface area contributed by atoms with Crippen molar-refractivity contribution < 1.29 is 22.8 Å². The number of nitrogens with one attached hydrogen (secondary N) is 4. The van der Waals surface area contributed by atoms with Crippen LogP contribution < -0.4 is 20.7 Å². The van der Waals surface area contributed by atoms with Gasteiger partial charge in [0.2, 0.25) is 27.7 Å². The zero-order valence-electron chi connectivity index (χ0n) is 17.4. The molecule has 0 bridgehead atoms. The molecule has 12 heteroatoms. The Morgan fingerprint density at radius 2 is 1.50 bits per heavy atom. The summed E-state index contributed by atoms with van der Waals surface area (Å²) in [5.74, 6) is -1.05. The number of amides is 3. The van der Waals surface area contributed by atoms with Gasteiger partial charge in [-0.25, -0.2) is 13.4 Å². The van der Waals surface area contributed by atoms with E-state index in [1.807, 2.05) is 0 Å². The van der Waals surface area contributed by atoms with Gasteiger partial charge in [-0.1, -0.05) is 11.3 Å². The number of aromatic nitrogens is 1. The summed E-state index contributed by atoms with van der Waals surface area (Å²) >= 11 is 1.20. The Balaban J connectivity index is 1.67. The van der Waals surface area contributed by atoms with E-state index in [0.717, 1.165) is 4.70 Å². The average molecular weight is 476 g/mol. The van der Waals surface area contributed by atoms with E-state index in [9.17, 15) is 22.8 Å². The van der Waals surface area contributed by atoms with E-state index in [4.69, 9.17) is 0 Å². The summed E-state index contributed by atoms with van der Waals surface area (Å²) < 4.78 is 28.2. The number of benzene rings is 2. The second-order valence-corrected chi connectivity index (χ2v) is 9.67. The van der Waals surface area contributed by atoms with Crippen LogP contribution in [0.5, 0.6) is 0 Å². The van der Waals surface area contributed by atoms with Gasteiger partial charge in [-0.15, -0.1) is 0 Å². The summed E-state index contributed by atoms with van der Waals surface area (Å²) in [6, 6.07) is 9.65. The van der Waals surface area contributed by atoms with Gasteiger partial charge in [0.15, 0.2) is 5.13 Å². The van der Waals surface area contributed by atoms with E-state index in [1.54, 1.807) is 18.2 Å². The SMILES string of the molecule is CC(=O)Nc1ccc(S(=O)(=O)N[C@@H](C)C(=O)Nc2nc3ccc(NC(C)=O)cc3s2)cc1. The molecule has 0 saturated carbocycles. The van der Waals surface area contributed by atoms with Crippen LogP contribution >= 0.6 is 11.3 Å². The van der Waals surface area contributed by atoms with Gasteiger partial charge in [0.25, 0.3) is 0 Å². The third-order valence-corrected chi connectivity index (χ3v) is 6.64. The second-order valence-electron chi connectivity index (χ2n) is 6.92. The second kappa shape index (κ2) is 9.42. The van der Waals surface area contributed by atoms with Gasteiger partial charge in [0.05, 0.1) is 21.2 Å². The lowest BCUT2D eigenvalue weighted by Crippen LogP contribution is -2.41. The summed E-state index contributed by atoms with van der Waals surface area (Å²) in [5, 5.41) is 8.13. The topological polar surface area (TPSA) is 146 Å². The monoisotopic (exact) mass is 475 g/mol. The Morgan fingerprint density at radius 1 is 0.906 bits per heavy atom. The van der Waals surface area contributed by atoms with Crippen molar-refractivity contribution in [1.82, 2.24) is 9.71 Å². The van der Waals surface area contributed by atoms with Crippen molar-refractivity contribution in [2.75, 3.05) is 16.0 Å². The first-order chi connectivity index (χ1) is 15.0. The van der Waals surface area contributed by atoms with Gasteiger partial charge in [0, 0.05) is 25.2 Å². The largest absolute Gasteiger partial charge is 0.326 e. The molecule has 0 spiro atoms. The van der Waals surface area contributed by atoms with Crippen molar-refractivity contribution in [1.29, 1.82) is 0 Å². The van der Waals surface area contributed by atoms with E-state index in [0.29, 0.717) is 22.0 Å². The summed E-state index contributed by atoms with van der Waals surface area (Å²) in [6.45, 7) is 4.17. The standard InChI is InChI=1S/C20H21N5O5S2/c1-11(25-32(29,30)16-7-4-14(5-8-16)21-12(2)26)19(28)24-20-23-17-9-6-15(22-13(3)27)10-18(17)31-20/h4-11,25H,1-3H3,(H,21,26)(H,22,27)(H,23,24,28)/t11-/m0/s1. The number of rotatable bonds is 7. The third kappa shape index (κ3) is 5.87. The number of carbonyl (C=O) groups excluding carboxylic acids is 3. The Bertz CT molecular complexity index is 1290. The molecular formula is C20H21N5O5S2. The van der Waals surface area contributed by atoms with Gasteiger partial charge in [-0.2, -0.15) is 4.72 Å². The van der Waals surface area contributed by atoms with Crippen LogP contribution in [-0.2, 0) is 24.4 Å². The molecule has 0 fully saturated rings. The first kappa shape index (κ1) is 23.3. The fraction of sp³-hybridized carbons (Fsp3) is 0.200. The molecule has 4 N–H and O–H groups in total. The number of hydrogen-bond donors (Lipinski definition) is 4. The fourth-order valence-electron chi connectivity index (χ4n) is 2.75. The van der Waals surface area contributed by atoms with Gasteiger partial charge in [0.1, 0.15) is 0 Å². The number of fused-ring (bicyclic) bond motifs is 1. The highest BCUT2D eigenvalue weighted by Gasteiger charge is 2.23. The Hall–Kier alpha value is -3.35. The molecule has 3 rings (SSSR count). The predicted octanol–water partition coefficient (Wildman–Crippen LogP) is 2.52. The number of carbonyl (C=O) groups is 3. The molecule has 0 radical (unpaired) electrons. The molecule has 0 aliphatic carbocycles. The highest BCUT2D eigenvalue weighted by Crippen LogP contribution is 2.28. The molecule has 1 aromatic heterocycles. The van der Waals surface area contributed by atoms with Crippen LogP contribution in [0, 0.1) is 0 Å². The van der Waals surface area contributed by atoms with Crippen molar-refractivity contribution in [2.45, 2.75) is 31.7 Å². The van der Waals surface area contributed by atoms with Crippen molar-refractivity contribution in [3.63, 3.8) is 0 Å². The molecule has 0 saturated heterocycles. The predicted molar refractivity (Wildman–Crippen MR) is 123 cm³/mol. The molecule has 32 heavy (non-hydrogen) atoms. The van der Waals surface area contributed by atoms with E-state index in [2.05, 4.69) is 25.7 Å². The number of anilines is 3. The maximum Gasteiger partial charge on any atom is 0.244 e. The van der Waals surface area contributed by atoms with Crippen LogP contribution in [-0.4, -0.2) is 37.2 Å². The lowest BCUT2D eigenvalue weighted by Gasteiger charge is -2.13. The minimum absolute atomic E-state index is 0.0447.